The summed E-state index contributed by atoms with van der Waals surface area (Å²) in [6.45, 7) is 6.57. The van der Waals surface area contributed by atoms with Crippen LogP contribution in [0.5, 0.6) is 0 Å². The van der Waals surface area contributed by atoms with Crippen LogP contribution in [0.4, 0.5) is 10.3 Å². The minimum absolute atomic E-state index is 0.102. The van der Waals surface area contributed by atoms with Gasteiger partial charge in [-0.2, -0.15) is 0 Å². The number of rotatable bonds is 9. The number of amides is 1. The molecule has 0 N–H and O–H groups in total. The van der Waals surface area contributed by atoms with Crippen molar-refractivity contribution in [1.82, 2.24) is 10.1 Å². The largest absolute Gasteiger partial charge is 0.341 e. The molecule has 0 unspecified atom stereocenters. The van der Waals surface area contributed by atoms with Gasteiger partial charge in [-0.3, -0.25) is 4.79 Å². The van der Waals surface area contributed by atoms with Crippen LogP contribution >= 0.6 is 0 Å². The van der Waals surface area contributed by atoms with Crippen LogP contribution in [-0.2, 0) is 6.54 Å². The molecular formula is C25H28FN3O2. The van der Waals surface area contributed by atoms with Crippen molar-refractivity contribution in [3.05, 3.63) is 71.5 Å². The smallest absolute Gasteiger partial charge is 0.257 e. The van der Waals surface area contributed by atoms with E-state index in [1.54, 1.807) is 23.1 Å². The van der Waals surface area contributed by atoms with E-state index in [1.165, 1.54) is 6.07 Å². The van der Waals surface area contributed by atoms with Crippen molar-refractivity contribution in [2.75, 3.05) is 24.5 Å². The Morgan fingerprint density at radius 3 is 2.39 bits per heavy atom. The van der Waals surface area contributed by atoms with E-state index < -0.39 is 5.82 Å². The zero-order chi connectivity index (χ0) is 21.8. The monoisotopic (exact) mass is 421 g/mol. The van der Waals surface area contributed by atoms with Crippen molar-refractivity contribution in [2.24, 2.45) is 5.92 Å². The van der Waals surface area contributed by atoms with Gasteiger partial charge in [-0.15, -0.1) is 0 Å². The lowest BCUT2D eigenvalue weighted by atomic mass is 10.1. The Balaban J connectivity index is 1.74. The topological polar surface area (TPSA) is 49.6 Å². The Hall–Kier alpha value is -3.15. The number of aromatic nitrogens is 1. The fraction of sp³-hybridized carbons (Fsp3) is 0.360. The van der Waals surface area contributed by atoms with E-state index in [4.69, 9.17) is 4.52 Å². The molecule has 4 rings (SSSR count). The molecule has 0 bridgehead atoms. The number of hydrogen-bond acceptors (Lipinski definition) is 4. The molecule has 1 aliphatic carbocycles. The Morgan fingerprint density at radius 1 is 1.06 bits per heavy atom. The second-order valence-corrected chi connectivity index (χ2v) is 7.96. The summed E-state index contributed by atoms with van der Waals surface area (Å²) < 4.78 is 20.2. The summed E-state index contributed by atoms with van der Waals surface area (Å²) in [4.78, 5) is 17.2. The molecule has 0 atom stereocenters. The molecule has 1 saturated carbocycles. The molecular weight excluding hydrogens is 393 g/mol. The van der Waals surface area contributed by atoms with Gasteiger partial charge in [0.15, 0.2) is 0 Å². The normalized spacial score (nSPS) is 13.3. The lowest BCUT2D eigenvalue weighted by Crippen LogP contribution is -2.34. The lowest BCUT2D eigenvalue weighted by Gasteiger charge is -2.25. The minimum atomic E-state index is -0.495. The van der Waals surface area contributed by atoms with Crippen LogP contribution in [0, 0.1) is 11.7 Å². The Morgan fingerprint density at radius 2 is 1.74 bits per heavy atom. The minimum Gasteiger partial charge on any atom is -0.341 e. The Labute approximate surface area is 182 Å². The third-order valence-corrected chi connectivity index (χ3v) is 5.78. The summed E-state index contributed by atoms with van der Waals surface area (Å²) in [5.41, 5.74) is 2.62. The van der Waals surface area contributed by atoms with Gasteiger partial charge in [0, 0.05) is 25.2 Å². The fourth-order valence-electron chi connectivity index (χ4n) is 3.85. The highest BCUT2D eigenvalue weighted by molar-refractivity contribution is 5.94. The van der Waals surface area contributed by atoms with E-state index in [9.17, 15) is 9.18 Å². The molecule has 0 aliphatic heterocycles. The van der Waals surface area contributed by atoms with Gasteiger partial charge in [0.25, 0.3) is 5.91 Å². The van der Waals surface area contributed by atoms with Crippen LogP contribution in [0.25, 0.3) is 11.3 Å². The van der Waals surface area contributed by atoms with E-state index in [1.807, 2.05) is 30.3 Å². The average molecular weight is 422 g/mol. The van der Waals surface area contributed by atoms with Crippen molar-refractivity contribution in [3.8, 4) is 11.3 Å². The molecule has 6 heteroatoms. The average Bonchev–Trinajstić information content (AvgIpc) is 3.53. The predicted octanol–water partition coefficient (Wildman–Crippen LogP) is 5.38. The number of hydrogen-bond donors (Lipinski definition) is 0. The number of halogens is 1. The molecule has 162 valence electrons. The number of benzene rings is 2. The van der Waals surface area contributed by atoms with Crippen molar-refractivity contribution < 1.29 is 13.7 Å². The molecule has 5 nitrogen and oxygen atoms in total. The standard InChI is InChI=1S/C25H28FN3O2/c1-3-28(4-2)25-21(23(27-31-25)19-10-6-5-7-11-19)17-29(16-18-14-15-18)24(30)20-12-8-9-13-22(20)26/h5-13,18H,3-4,14-17H2,1-2H3. The molecule has 1 fully saturated rings. The van der Waals surface area contributed by atoms with Crippen LogP contribution < -0.4 is 4.90 Å². The van der Waals surface area contributed by atoms with E-state index in [0.29, 0.717) is 24.9 Å². The molecule has 0 saturated heterocycles. The first-order chi connectivity index (χ1) is 15.1. The van der Waals surface area contributed by atoms with Gasteiger partial charge in [0.2, 0.25) is 5.88 Å². The molecule has 2 aromatic carbocycles. The summed E-state index contributed by atoms with van der Waals surface area (Å²) in [6.07, 6.45) is 2.19. The van der Waals surface area contributed by atoms with Crippen molar-refractivity contribution >= 4 is 11.8 Å². The number of anilines is 1. The van der Waals surface area contributed by atoms with Gasteiger partial charge in [-0.1, -0.05) is 47.6 Å². The number of carbonyl (C=O) groups is 1. The maximum Gasteiger partial charge on any atom is 0.257 e. The van der Waals surface area contributed by atoms with E-state index in [-0.39, 0.29) is 11.5 Å². The molecule has 31 heavy (non-hydrogen) atoms. The van der Waals surface area contributed by atoms with Crippen LogP contribution in [0.2, 0.25) is 0 Å². The first-order valence-electron chi connectivity index (χ1n) is 10.9. The molecule has 1 heterocycles. The van der Waals surface area contributed by atoms with E-state index in [2.05, 4.69) is 23.9 Å². The Bertz CT molecular complexity index is 1030. The molecule has 1 amide bonds. The van der Waals surface area contributed by atoms with Crippen molar-refractivity contribution in [3.63, 3.8) is 0 Å². The van der Waals surface area contributed by atoms with E-state index in [0.717, 1.165) is 42.8 Å². The summed E-state index contributed by atoms with van der Waals surface area (Å²) in [7, 11) is 0. The second-order valence-electron chi connectivity index (χ2n) is 7.96. The van der Waals surface area contributed by atoms with Gasteiger partial charge < -0.3 is 14.3 Å². The summed E-state index contributed by atoms with van der Waals surface area (Å²) >= 11 is 0. The summed E-state index contributed by atoms with van der Waals surface area (Å²) in [5.74, 6) is 0.347. The molecule has 1 aliphatic rings. The first kappa shape index (κ1) is 21.1. The summed E-state index contributed by atoms with van der Waals surface area (Å²) in [6, 6.07) is 16.0. The van der Waals surface area contributed by atoms with Crippen LogP contribution in [0.15, 0.2) is 59.1 Å². The van der Waals surface area contributed by atoms with Crippen LogP contribution in [0.1, 0.15) is 42.6 Å². The molecule has 3 aromatic rings. The SMILES string of the molecule is CCN(CC)c1onc(-c2ccccc2)c1CN(CC1CC1)C(=O)c1ccccc1F. The van der Waals surface area contributed by atoms with Crippen LogP contribution in [-0.4, -0.2) is 35.6 Å². The quantitative estimate of drug-likeness (QED) is 0.465. The molecule has 0 spiro atoms. The highest BCUT2D eigenvalue weighted by Gasteiger charge is 2.31. The van der Waals surface area contributed by atoms with Gasteiger partial charge in [0.05, 0.1) is 17.7 Å². The third-order valence-electron chi connectivity index (χ3n) is 5.78. The maximum absolute atomic E-state index is 14.4. The third kappa shape index (κ3) is 4.63. The van der Waals surface area contributed by atoms with Gasteiger partial charge in [-0.05, 0) is 44.7 Å². The second kappa shape index (κ2) is 9.33. The van der Waals surface area contributed by atoms with Crippen molar-refractivity contribution in [2.45, 2.75) is 33.2 Å². The fourth-order valence-corrected chi connectivity index (χ4v) is 3.85. The van der Waals surface area contributed by atoms with Gasteiger partial charge in [-0.25, -0.2) is 4.39 Å². The van der Waals surface area contributed by atoms with Crippen molar-refractivity contribution in [1.29, 1.82) is 0 Å². The van der Waals surface area contributed by atoms with Crippen LogP contribution in [0.3, 0.4) is 0 Å². The zero-order valence-corrected chi connectivity index (χ0v) is 18.1. The number of nitrogens with zero attached hydrogens (tertiary/aromatic N) is 3. The number of carbonyl (C=O) groups excluding carboxylic acids is 1. The molecule has 0 radical (unpaired) electrons. The van der Waals surface area contributed by atoms with Gasteiger partial charge >= 0.3 is 0 Å². The maximum atomic E-state index is 14.4. The predicted molar refractivity (Wildman–Crippen MR) is 119 cm³/mol. The highest BCUT2D eigenvalue weighted by atomic mass is 19.1. The molecule has 1 aromatic heterocycles. The van der Waals surface area contributed by atoms with E-state index >= 15 is 0 Å². The summed E-state index contributed by atoms with van der Waals surface area (Å²) in [5, 5.41) is 4.37. The highest BCUT2D eigenvalue weighted by Crippen LogP contribution is 2.35. The lowest BCUT2D eigenvalue weighted by molar-refractivity contribution is 0.0730. The zero-order valence-electron chi connectivity index (χ0n) is 18.1. The van der Waals surface area contributed by atoms with Gasteiger partial charge in [0.1, 0.15) is 11.5 Å². The Kier molecular flexibility index (Phi) is 6.35. The first-order valence-corrected chi connectivity index (χ1v) is 10.9.